The van der Waals surface area contributed by atoms with Gasteiger partial charge in [0.25, 0.3) is 0 Å². The van der Waals surface area contributed by atoms with E-state index >= 15 is 4.39 Å². The lowest BCUT2D eigenvalue weighted by molar-refractivity contribution is -0.147. The van der Waals surface area contributed by atoms with E-state index in [2.05, 4.69) is 20.9 Å². The van der Waals surface area contributed by atoms with E-state index in [1.807, 2.05) is 37.4 Å². The molecule has 0 amide bonds. The van der Waals surface area contributed by atoms with E-state index in [0.29, 0.717) is 76.3 Å². The molecule has 0 aliphatic carbocycles. The first-order valence-electron chi connectivity index (χ1n) is 16.2. The van der Waals surface area contributed by atoms with Gasteiger partial charge >= 0.3 is 0 Å². The Bertz CT molecular complexity index is 1960. The molecule has 0 saturated carbocycles. The number of nitrogens with zero attached hydrogens (tertiary/aromatic N) is 9. The molecule has 4 aliphatic heterocycles. The van der Waals surface area contributed by atoms with Gasteiger partial charge in [0.05, 0.1) is 35.0 Å². The van der Waals surface area contributed by atoms with E-state index in [1.54, 1.807) is 23.6 Å². The summed E-state index contributed by atoms with van der Waals surface area (Å²) in [6.45, 7) is 6.76. The van der Waals surface area contributed by atoms with Crippen molar-refractivity contribution in [2.24, 2.45) is 4.99 Å². The zero-order chi connectivity index (χ0) is 33.4. The van der Waals surface area contributed by atoms with Gasteiger partial charge in [0.1, 0.15) is 41.9 Å². The monoisotopic (exact) mass is 677 g/mol. The summed E-state index contributed by atoms with van der Waals surface area (Å²) in [5.74, 6) is -0.280. The van der Waals surface area contributed by atoms with Crippen LogP contribution in [0.4, 0.5) is 19.7 Å². The maximum atomic E-state index is 15.1. The summed E-state index contributed by atoms with van der Waals surface area (Å²) in [4.78, 5) is 25.0. The van der Waals surface area contributed by atoms with Gasteiger partial charge in [-0.3, -0.25) is 4.90 Å². The van der Waals surface area contributed by atoms with Gasteiger partial charge < -0.3 is 28.6 Å². The maximum Gasteiger partial charge on any atom is 0.247 e. The molecule has 3 aromatic heterocycles. The smallest absolute Gasteiger partial charge is 0.247 e. The van der Waals surface area contributed by atoms with Crippen molar-refractivity contribution in [3.8, 4) is 11.9 Å². The van der Waals surface area contributed by atoms with Crippen molar-refractivity contribution >= 4 is 49.9 Å². The first-order chi connectivity index (χ1) is 23.0. The molecular formula is C33H37F2N9O3S. The summed E-state index contributed by atoms with van der Waals surface area (Å²) in [6.07, 6.45) is 4.44. The summed E-state index contributed by atoms with van der Waals surface area (Å²) in [5, 5.41) is 11.1. The fourth-order valence-corrected chi connectivity index (χ4v) is 8.76. The minimum Gasteiger partial charge on any atom is -0.474 e. The predicted molar refractivity (Wildman–Crippen MR) is 177 cm³/mol. The van der Waals surface area contributed by atoms with Crippen LogP contribution in [0.15, 0.2) is 23.5 Å². The number of halogens is 2. The maximum absolute atomic E-state index is 15.1. The van der Waals surface area contributed by atoms with Crippen LogP contribution < -0.4 is 9.64 Å². The van der Waals surface area contributed by atoms with Gasteiger partial charge in [-0.15, -0.1) is 11.3 Å². The molecule has 4 aliphatic rings. The van der Waals surface area contributed by atoms with Crippen molar-refractivity contribution in [2.75, 3.05) is 51.8 Å². The SMILES string of the molecule is CN(C)/C=N/c1sc2c(F)ccc(Cn3cnc4c(OC[C@@]56CCCN5C[C@H](F)C6)nc(N5C[C@@H]6OC(C)(C)O[C@@H]6C5)nc43)c2c1C#N. The average molecular weight is 678 g/mol. The number of ether oxygens (including phenoxy) is 3. The van der Waals surface area contributed by atoms with Gasteiger partial charge in [-0.2, -0.15) is 15.2 Å². The quantitative estimate of drug-likeness (QED) is 0.193. The van der Waals surface area contributed by atoms with E-state index in [1.165, 1.54) is 6.07 Å². The van der Waals surface area contributed by atoms with Gasteiger partial charge in [0.2, 0.25) is 11.8 Å². The predicted octanol–water partition coefficient (Wildman–Crippen LogP) is 4.62. The first-order valence-corrected chi connectivity index (χ1v) is 17.0. The highest BCUT2D eigenvalue weighted by atomic mass is 32.1. The second kappa shape index (κ2) is 11.6. The van der Waals surface area contributed by atoms with E-state index in [-0.39, 0.29) is 24.3 Å². The number of aromatic nitrogens is 4. The Kier molecular flexibility index (Phi) is 7.55. The molecule has 0 N–H and O–H groups in total. The third kappa shape index (κ3) is 5.35. The molecule has 0 spiro atoms. The van der Waals surface area contributed by atoms with E-state index < -0.39 is 17.8 Å². The highest BCUT2D eigenvalue weighted by Gasteiger charge is 2.50. The number of nitriles is 1. The van der Waals surface area contributed by atoms with Gasteiger partial charge in [-0.05, 0) is 44.9 Å². The van der Waals surface area contributed by atoms with Gasteiger partial charge in [-0.25, -0.2) is 18.8 Å². The molecule has 7 heterocycles. The largest absolute Gasteiger partial charge is 0.474 e. The Morgan fingerprint density at radius 1 is 1.21 bits per heavy atom. The lowest BCUT2D eigenvalue weighted by Crippen LogP contribution is -2.43. The molecule has 0 bridgehead atoms. The average Bonchev–Trinajstić information content (AvgIpc) is 3.86. The molecule has 12 nitrogen and oxygen atoms in total. The fraction of sp³-hybridized carbons (Fsp3) is 0.545. The number of fused-ring (bicyclic) bond motifs is 4. The molecule has 4 atom stereocenters. The van der Waals surface area contributed by atoms with Crippen molar-refractivity contribution in [1.82, 2.24) is 29.3 Å². The fourth-order valence-electron chi connectivity index (χ4n) is 7.71. The van der Waals surface area contributed by atoms with Gasteiger partial charge in [-0.1, -0.05) is 6.07 Å². The highest BCUT2D eigenvalue weighted by Crippen LogP contribution is 2.43. The Hall–Kier alpha value is -3.97. The lowest BCUT2D eigenvalue weighted by Gasteiger charge is -2.31. The normalized spacial score (nSPS) is 26.6. The summed E-state index contributed by atoms with van der Waals surface area (Å²) < 4.78 is 50.6. The molecule has 252 valence electrons. The van der Waals surface area contributed by atoms with Crippen LogP contribution in [0.5, 0.6) is 5.88 Å². The summed E-state index contributed by atoms with van der Waals surface area (Å²) in [5.41, 5.74) is 1.69. The van der Waals surface area contributed by atoms with E-state index in [4.69, 9.17) is 24.2 Å². The molecule has 0 unspecified atom stereocenters. The van der Waals surface area contributed by atoms with Crippen molar-refractivity contribution in [2.45, 2.75) is 69.4 Å². The third-order valence-corrected chi connectivity index (χ3v) is 10.9. The van der Waals surface area contributed by atoms with E-state index in [0.717, 1.165) is 36.3 Å². The number of hydrogen-bond donors (Lipinski definition) is 0. The molecule has 48 heavy (non-hydrogen) atoms. The van der Waals surface area contributed by atoms with Gasteiger partial charge in [0, 0.05) is 45.5 Å². The molecule has 8 rings (SSSR count). The third-order valence-electron chi connectivity index (χ3n) is 9.74. The van der Waals surface area contributed by atoms with Crippen molar-refractivity contribution in [1.29, 1.82) is 5.26 Å². The number of imidazole rings is 1. The number of aliphatic imine (C=N–C) groups is 1. The Morgan fingerprint density at radius 2 is 2.00 bits per heavy atom. The number of hydrogen-bond acceptors (Lipinski definition) is 11. The van der Waals surface area contributed by atoms with Crippen LogP contribution in [0, 0.1) is 17.1 Å². The lowest BCUT2D eigenvalue weighted by atomic mass is 9.95. The molecule has 0 radical (unpaired) electrons. The molecule has 1 aromatic carbocycles. The Morgan fingerprint density at radius 3 is 2.75 bits per heavy atom. The number of thiophene rings is 1. The van der Waals surface area contributed by atoms with Crippen LogP contribution in [-0.4, -0.2) is 112 Å². The second-order valence-corrected chi connectivity index (χ2v) is 14.9. The Balaban J connectivity index is 1.18. The second-order valence-electron chi connectivity index (χ2n) is 13.9. The number of anilines is 1. The van der Waals surface area contributed by atoms with Crippen molar-refractivity contribution in [3.63, 3.8) is 0 Å². The van der Waals surface area contributed by atoms with Crippen LogP contribution in [0.2, 0.25) is 0 Å². The Labute approximate surface area is 280 Å². The topological polar surface area (TPSA) is 117 Å². The molecule has 4 aromatic rings. The summed E-state index contributed by atoms with van der Waals surface area (Å²) in [6, 6.07) is 5.36. The summed E-state index contributed by atoms with van der Waals surface area (Å²) in [7, 11) is 3.66. The minimum absolute atomic E-state index is 0.126. The highest BCUT2D eigenvalue weighted by molar-refractivity contribution is 7.23. The van der Waals surface area contributed by atoms with Crippen LogP contribution in [0.3, 0.4) is 0 Å². The molecular weight excluding hydrogens is 640 g/mol. The first kappa shape index (κ1) is 31.3. The van der Waals surface area contributed by atoms with Crippen LogP contribution in [0.25, 0.3) is 21.3 Å². The van der Waals surface area contributed by atoms with Crippen LogP contribution >= 0.6 is 11.3 Å². The zero-order valence-corrected chi connectivity index (χ0v) is 28.1. The van der Waals surface area contributed by atoms with Crippen LogP contribution in [0.1, 0.15) is 44.2 Å². The molecule has 15 heteroatoms. The van der Waals surface area contributed by atoms with Gasteiger partial charge in [0.15, 0.2) is 17.0 Å². The minimum atomic E-state index is -0.876. The van der Waals surface area contributed by atoms with Crippen LogP contribution in [-0.2, 0) is 16.0 Å². The number of rotatable bonds is 8. The molecule has 4 saturated heterocycles. The number of benzene rings is 1. The number of alkyl halides is 1. The zero-order valence-electron chi connectivity index (χ0n) is 27.3. The van der Waals surface area contributed by atoms with Crippen molar-refractivity contribution < 1.29 is 23.0 Å². The summed E-state index contributed by atoms with van der Waals surface area (Å²) >= 11 is 1.15. The van der Waals surface area contributed by atoms with Crippen molar-refractivity contribution in [3.05, 3.63) is 35.4 Å². The molecule has 4 fully saturated rings. The van der Waals surface area contributed by atoms with E-state index in [9.17, 15) is 9.65 Å². The standard InChI is InChI=1S/C33H37F2N9O3S/c1-32(2)46-23-14-42(15-24(23)47-32)31-39-28-26(29(40-31)45-16-33-8-5-9-44(33)13-20(34)10-33)37-18-43(28)12-19-6-7-22(35)27-25(19)21(11-36)30(48-27)38-17-41(3)4/h6-7,17-18,20,23-24H,5,8-10,12-16H2,1-4H3/b38-17+/t20-,23-,24+,33+/m1/s1.